The second-order valence-corrected chi connectivity index (χ2v) is 3.17. The number of aliphatic imine (C=N–C) groups is 1. The molecule has 0 aromatic heterocycles. The molecule has 0 atom stereocenters. The molecule has 0 saturated carbocycles. The SMILES string of the molecule is CCc1ccc2c(c1)C=NCC2. The molecule has 1 heteroatoms. The Hall–Kier alpha value is -1.11. The largest absolute Gasteiger partial charge is 0.292 e. The minimum absolute atomic E-state index is 0.957. The molecule has 1 heterocycles. The van der Waals surface area contributed by atoms with E-state index in [2.05, 4.69) is 30.1 Å². The second-order valence-electron chi connectivity index (χ2n) is 3.17. The maximum absolute atomic E-state index is 4.27. The monoisotopic (exact) mass is 159 g/mol. The van der Waals surface area contributed by atoms with Crippen molar-refractivity contribution in [3.05, 3.63) is 34.9 Å². The molecule has 0 aliphatic carbocycles. The normalized spacial score (nSPS) is 14.4. The average Bonchev–Trinajstić information content (AvgIpc) is 2.17. The molecule has 1 aromatic rings. The summed E-state index contributed by atoms with van der Waals surface area (Å²) < 4.78 is 0. The zero-order valence-corrected chi connectivity index (χ0v) is 7.38. The van der Waals surface area contributed by atoms with Gasteiger partial charge in [-0.15, -0.1) is 0 Å². The number of nitrogens with zero attached hydrogens (tertiary/aromatic N) is 1. The van der Waals surface area contributed by atoms with E-state index in [1.807, 2.05) is 6.21 Å². The number of hydrogen-bond acceptors (Lipinski definition) is 1. The number of fused-ring (bicyclic) bond motifs is 1. The summed E-state index contributed by atoms with van der Waals surface area (Å²) >= 11 is 0. The maximum Gasteiger partial charge on any atom is 0.0430 e. The van der Waals surface area contributed by atoms with Crippen LogP contribution >= 0.6 is 0 Å². The van der Waals surface area contributed by atoms with Gasteiger partial charge in [0.25, 0.3) is 0 Å². The molecule has 0 spiro atoms. The molecule has 12 heavy (non-hydrogen) atoms. The van der Waals surface area contributed by atoms with Gasteiger partial charge < -0.3 is 0 Å². The van der Waals surface area contributed by atoms with Crippen molar-refractivity contribution < 1.29 is 0 Å². The molecule has 1 aliphatic rings. The number of benzene rings is 1. The third-order valence-corrected chi connectivity index (χ3v) is 2.36. The Morgan fingerprint density at radius 1 is 1.42 bits per heavy atom. The third-order valence-electron chi connectivity index (χ3n) is 2.36. The van der Waals surface area contributed by atoms with Crippen LogP contribution in [0.25, 0.3) is 0 Å². The van der Waals surface area contributed by atoms with Crippen LogP contribution in [0.1, 0.15) is 23.6 Å². The molecule has 0 radical (unpaired) electrons. The van der Waals surface area contributed by atoms with Gasteiger partial charge in [0.2, 0.25) is 0 Å². The predicted molar refractivity (Wildman–Crippen MR) is 52.0 cm³/mol. The van der Waals surface area contributed by atoms with Crippen LogP contribution in [-0.4, -0.2) is 12.8 Å². The van der Waals surface area contributed by atoms with Crippen molar-refractivity contribution in [1.29, 1.82) is 0 Å². The maximum atomic E-state index is 4.27. The van der Waals surface area contributed by atoms with Gasteiger partial charge in [-0.2, -0.15) is 0 Å². The van der Waals surface area contributed by atoms with E-state index in [0.29, 0.717) is 0 Å². The molecule has 0 fully saturated rings. The van der Waals surface area contributed by atoms with Gasteiger partial charge in [-0.05, 0) is 35.6 Å². The smallest absolute Gasteiger partial charge is 0.0430 e. The molecule has 1 aliphatic heterocycles. The van der Waals surface area contributed by atoms with Crippen LogP contribution in [0, 0.1) is 0 Å². The summed E-state index contributed by atoms with van der Waals surface area (Å²) in [5.74, 6) is 0. The molecule has 1 aromatic carbocycles. The molecule has 2 rings (SSSR count). The van der Waals surface area contributed by atoms with Crippen LogP contribution in [0.5, 0.6) is 0 Å². The van der Waals surface area contributed by atoms with Gasteiger partial charge in [0, 0.05) is 12.8 Å². The predicted octanol–water partition coefficient (Wildman–Crippen LogP) is 2.22. The molecule has 62 valence electrons. The Bertz CT molecular complexity index is 313. The van der Waals surface area contributed by atoms with Crippen molar-refractivity contribution >= 4 is 6.21 Å². The molecule has 0 unspecified atom stereocenters. The highest BCUT2D eigenvalue weighted by molar-refractivity contribution is 5.83. The molecule has 1 nitrogen and oxygen atoms in total. The summed E-state index contributed by atoms with van der Waals surface area (Å²) in [4.78, 5) is 4.27. The number of aryl methyl sites for hydroxylation is 1. The van der Waals surface area contributed by atoms with E-state index in [-0.39, 0.29) is 0 Å². The summed E-state index contributed by atoms with van der Waals surface area (Å²) in [6.45, 7) is 3.14. The van der Waals surface area contributed by atoms with Crippen molar-refractivity contribution in [2.75, 3.05) is 6.54 Å². The van der Waals surface area contributed by atoms with Crippen molar-refractivity contribution in [1.82, 2.24) is 0 Å². The lowest BCUT2D eigenvalue weighted by atomic mass is 9.99. The molecule has 0 saturated heterocycles. The fraction of sp³-hybridized carbons (Fsp3) is 0.364. The van der Waals surface area contributed by atoms with Crippen molar-refractivity contribution in [3.63, 3.8) is 0 Å². The van der Waals surface area contributed by atoms with Gasteiger partial charge in [-0.3, -0.25) is 4.99 Å². The fourth-order valence-corrected chi connectivity index (χ4v) is 1.56. The topological polar surface area (TPSA) is 12.4 Å². The van der Waals surface area contributed by atoms with E-state index in [9.17, 15) is 0 Å². The van der Waals surface area contributed by atoms with Crippen LogP contribution in [-0.2, 0) is 12.8 Å². The van der Waals surface area contributed by atoms with Crippen LogP contribution in [0.4, 0.5) is 0 Å². The van der Waals surface area contributed by atoms with E-state index in [4.69, 9.17) is 0 Å². The van der Waals surface area contributed by atoms with Crippen LogP contribution in [0.2, 0.25) is 0 Å². The molecule has 0 amide bonds. The number of rotatable bonds is 1. The van der Waals surface area contributed by atoms with E-state index >= 15 is 0 Å². The highest BCUT2D eigenvalue weighted by atomic mass is 14.7. The Labute approximate surface area is 73.1 Å². The first-order valence-corrected chi connectivity index (χ1v) is 4.52. The van der Waals surface area contributed by atoms with Gasteiger partial charge in [-0.1, -0.05) is 19.1 Å². The Balaban J connectivity index is 2.44. The first-order chi connectivity index (χ1) is 5.90. The highest BCUT2D eigenvalue weighted by Gasteiger charge is 2.04. The summed E-state index contributed by atoms with van der Waals surface area (Å²) in [6.07, 6.45) is 4.22. The number of hydrogen-bond donors (Lipinski definition) is 0. The second kappa shape index (κ2) is 3.10. The molecule has 0 bridgehead atoms. The lowest BCUT2D eigenvalue weighted by molar-refractivity contribution is 0.948. The first-order valence-electron chi connectivity index (χ1n) is 4.52. The minimum atomic E-state index is 0.957. The van der Waals surface area contributed by atoms with Crippen molar-refractivity contribution in [3.8, 4) is 0 Å². The lowest BCUT2D eigenvalue weighted by Gasteiger charge is -2.10. The lowest BCUT2D eigenvalue weighted by Crippen LogP contribution is -2.03. The Kier molecular flexibility index (Phi) is 1.94. The minimum Gasteiger partial charge on any atom is -0.292 e. The zero-order valence-electron chi connectivity index (χ0n) is 7.38. The first kappa shape index (κ1) is 7.53. The summed E-state index contributed by atoms with van der Waals surface area (Å²) in [5.41, 5.74) is 4.17. The highest BCUT2D eigenvalue weighted by Crippen LogP contribution is 2.14. The summed E-state index contributed by atoms with van der Waals surface area (Å²) in [5, 5.41) is 0. The van der Waals surface area contributed by atoms with Gasteiger partial charge in [0.05, 0.1) is 0 Å². The van der Waals surface area contributed by atoms with E-state index in [1.54, 1.807) is 0 Å². The van der Waals surface area contributed by atoms with Crippen LogP contribution in [0.3, 0.4) is 0 Å². The van der Waals surface area contributed by atoms with Gasteiger partial charge in [-0.25, -0.2) is 0 Å². The van der Waals surface area contributed by atoms with Crippen LogP contribution in [0.15, 0.2) is 23.2 Å². The summed E-state index contributed by atoms with van der Waals surface area (Å²) in [7, 11) is 0. The van der Waals surface area contributed by atoms with Crippen molar-refractivity contribution in [2.45, 2.75) is 19.8 Å². The molecule has 0 N–H and O–H groups in total. The quantitative estimate of drug-likeness (QED) is 0.596. The summed E-state index contributed by atoms with van der Waals surface area (Å²) in [6, 6.07) is 6.70. The van der Waals surface area contributed by atoms with Crippen LogP contribution < -0.4 is 0 Å². The van der Waals surface area contributed by atoms with E-state index < -0.39 is 0 Å². The van der Waals surface area contributed by atoms with Gasteiger partial charge in [0.1, 0.15) is 0 Å². The molecular formula is C11H13N. The third kappa shape index (κ3) is 1.27. The Morgan fingerprint density at radius 3 is 3.17 bits per heavy atom. The zero-order chi connectivity index (χ0) is 8.39. The van der Waals surface area contributed by atoms with Gasteiger partial charge in [0.15, 0.2) is 0 Å². The standard InChI is InChI=1S/C11H13N/c1-2-9-3-4-10-5-6-12-8-11(10)7-9/h3-4,7-8H,2,5-6H2,1H3. The van der Waals surface area contributed by atoms with E-state index in [1.165, 1.54) is 16.7 Å². The average molecular weight is 159 g/mol. The van der Waals surface area contributed by atoms with Crippen molar-refractivity contribution in [2.24, 2.45) is 4.99 Å². The van der Waals surface area contributed by atoms with E-state index in [0.717, 1.165) is 19.4 Å². The molecular weight excluding hydrogens is 146 g/mol. The fourth-order valence-electron chi connectivity index (χ4n) is 1.56. The Morgan fingerprint density at radius 2 is 2.33 bits per heavy atom. The van der Waals surface area contributed by atoms with Gasteiger partial charge >= 0.3 is 0 Å².